The first kappa shape index (κ1) is 17.0. The van der Waals surface area contributed by atoms with Gasteiger partial charge in [-0.1, -0.05) is 30.3 Å². The van der Waals surface area contributed by atoms with Gasteiger partial charge in [-0.15, -0.1) is 0 Å². The minimum Gasteiger partial charge on any atom is -0.497 e. The van der Waals surface area contributed by atoms with Crippen LogP contribution in [0.5, 0.6) is 5.75 Å². The molecule has 0 bridgehead atoms. The summed E-state index contributed by atoms with van der Waals surface area (Å²) in [6.07, 6.45) is -1.42. The zero-order chi connectivity index (χ0) is 17.8. The molecule has 0 aromatic heterocycles. The van der Waals surface area contributed by atoms with Crippen molar-refractivity contribution in [3.8, 4) is 5.75 Å². The van der Waals surface area contributed by atoms with E-state index in [-0.39, 0.29) is 6.54 Å². The lowest BCUT2D eigenvalue weighted by molar-refractivity contribution is -0.130. The SMILES string of the molecule is COc1ccc(C(O)CNC(=O)C2Cc3ccccc3C(=O)O2)cc1. The van der Waals surface area contributed by atoms with Crippen molar-refractivity contribution in [2.75, 3.05) is 13.7 Å². The highest BCUT2D eigenvalue weighted by Crippen LogP contribution is 2.21. The number of esters is 1. The maximum Gasteiger partial charge on any atom is 0.339 e. The molecule has 2 aromatic carbocycles. The summed E-state index contributed by atoms with van der Waals surface area (Å²) >= 11 is 0. The molecule has 1 heterocycles. The van der Waals surface area contributed by atoms with Gasteiger partial charge >= 0.3 is 5.97 Å². The minimum atomic E-state index is -0.884. The molecule has 0 saturated heterocycles. The molecule has 0 spiro atoms. The van der Waals surface area contributed by atoms with Crippen molar-refractivity contribution in [1.82, 2.24) is 5.32 Å². The molecule has 130 valence electrons. The maximum absolute atomic E-state index is 12.3. The topological polar surface area (TPSA) is 84.9 Å². The van der Waals surface area contributed by atoms with Gasteiger partial charge in [0.1, 0.15) is 5.75 Å². The average molecular weight is 341 g/mol. The summed E-state index contributed by atoms with van der Waals surface area (Å²) in [5, 5.41) is 12.8. The van der Waals surface area contributed by atoms with E-state index in [1.807, 2.05) is 12.1 Å². The number of fused-ring (bicyclic) bond motifs is 1. The molecule has 0 aliphatic carbocycles. The van der Waals surface area contributed by atoms with Gasteiger partial charge in [-0.3, -0.25) is 4.79 Å². The molecule has 2 N–H and O–H groups in total. The van der Waals surface area contributed by atoms with Crippen LogP contribution >= 0.6 is 0 Å². The zero-order valence-corrected chi connectivity index (χ0v) is 13.8. The number of aliphatic hydroxyl groups is 1. The molecule has 3 rings (SSSR count). The largest absolute Gasteiger partial charge is 0.497 e. The van der Waals surface area contributed by atoms with Gasteiger partial charge in [0.25, 0.3) is 5.91 Å². The Kier molecular flexibility index (Phi) is 5.00. The molecule has 2 unspecified atom stereocenters. The second kappa shape index (κ2) is 7.36. The van der Waals surface area contributed by atoms with E-state index >= 15 is 0 Å². The molecule has 1 amide bonds. The predicted molar refractivity (Wildman–Crippen MR) is 90.3 cm³/mol. The van der Waals surface area contributed by atoms with Gasteiger partial charge < -0.3 is 19.9 Å². The summed E-state index contributed by atoms with van der Waals surface area (Å²) in [6, 6.07) is 14.0. The highest BCUT2D eigenvalue weighted by Gasteiger charge is 2.31. The quantitative estimate of drug-likeness (QED) is 0.808. The number of carbonyl (C=O) groups excluding carboxylic acids is 2. The molecule has 2 aromatic rings. The van der Waals surface area contributed by atoms with Crippen LogP contribution in [-0.2, 0) is 16.0 Å². The summed E-state index contributed by atoms with van der Waals surface area (Å²) in [7, 11) is 1.56. The third-order valence-electron chi connectivity index (χ3n) is 4.15. The van der Waals surface area contributed by atoms with Crippen molar-refractivity contribution >= 4 is 11.9 Å². The third-order valence-corrected chi connectivity index (χ3v) is 4.15. The van der Waals surface area contributed by atoms with Gasteiger partial charge in [0, 0.05) is 13.0 Å². The van der Waals surface area contributed by atoms with Crippen LogP contribution in [0.25, 0.3) is 0 Å². The molecule has 0 fully saturated rings. The Labute approximate surface area is 145 Å². The lowest BCUT2D eigenvalue weighted by Gasteiger charge is -2.24. The lowest BCUT2D eigenvalue weighted by atomic mass is 9.98. The smallest absolute Gasteiger partial charge is 0.339 e. The number of nitrogens with one attached hydrogen (secondary N) is 1. The molecular formula is C19H19NO5. The average Bonchev–Trinajstić information content (AvgIpc) is 2.65. The lowest BCUT2D eigenvalue weighted by Crippen LogP contribution is -2.43. The Morgan fingerprint density at radius 2 is 2.00 bits per heavy atom. The van der Waals surface area contributed by atoms with E-state index in [1.165, 1.54) is 0 Å². The molecule has 0 radical (unpaired) electrons. The van der Waals surface area contributed by atoms with E-state index in [0.717, 1.165) is 5.56 Å². The van der Waals surface area contributed by atoms with E-state index in [4.69, 9.17) is 9.47 Å². The Morgan fingerprint density at radius 3 is 2.72 bits per heavy atom. The molecule has 1 aliphatic heterocycles. The van der Waals surface area contributed by atoms with Crippen molar-refractivity contribution in [2.24, 2.45) is 0 Å². The summed E-state index contributed by atoms with van der Waals surface area (Å²) in [5.41, 5.74) is 1.94. The van der Waals surface area contributed by atoms with Crippen LogP contribution in [0.3, 0.4) is 0 Å². The van der Waals surface area contributed by atoms with Crippen LogP contribution in [-0.4, -0.2) is 36.7 Å². The van der Waals surface area contributed by atoms with E-state index in [1.54, 1.807) is 43.5 Å². The number of carbonyl (C=O) groups is 2. The fourth-order valence-corrected chi connectivity index (χ4v) is 2.73. The number of hydrogen-bond donors (Lipinski definition) is 2. The van der Waals surface area contributed by atoms with Crippen molar-refractivity contribution in [1.29, 1.82) is 0 Å². The number of ether oxygens (including phenoxy) is 2. The van der Waals surface area contributed by atoms with Crippen LogP contribution < -0.4 is 10.1 Å². The Balaban J connectivity index is 1.58. The molecule has 6 heteroatoms. The van der Waals surface area contributed by atoms with Crippen molar-refractivity contribution in [3.63, 3.8) is 0 Å². The fourth-order valence-electron chi connectivity index (χ4n) is 2.73. The number of hydrogen-bond acceptors (Lipinski definition) is 5. The van der Waals surface area contributed by atoms with Crippen LogP contribution in [0, 0.1) is 0 Å². The van der Waals surface area contributed by atoms with Gasteiger partial charge in [0.2, 0.25) is 0 Å². The maximum atomic E-state index is 12.3. The predicted octanol–water partition coefficient (Wildman–Crippen LogP) is 1.63. The summed E-state index contributed by atoms with van der Waals surface area (Å²) in [4.78, 5) is 24.2. The highest BCUT2D eigenvalue weighted by atomic mass is 16.5. The third kappa shape index (κ3) is 3.80. The number of benzene rings is 2. The Hall–Kier alpha value is -2.86. The highest BCUT2D eigenvalue weighted by molar-refractivity contribution is 5.95. The molecule has 2 atom stereocenters. The standard InChI is InChI=1S/C19H19NO5/c1-24-14-8-6-12(7-9-14)16(21)11-20-18(22)17-10-13-4-2-3-5-15(13)19(23)25-17/h2-9,16-17,21H,10-11H2,1H3,(H,20,22). The number of amides is 1. The van der Waals surface area contributed by atoms with Gasteiger partial charge in [0.15, 0.2) is 6.10 Å². The second-order valence-electron chi connectivity index (χ2n) is 5.79. The van der Waals surface area contributed by atoms with E-state index in [2.05, 4.69) is 5.32 Å². The summed E-state index contributed by atoms with van der Waals surface area (Å²) in [6.45, 7) is 0.0286. The van der Waals surface area contributed by atoms with Crippen molar-refractivity contribution in [2.45, 2.75) is 18.6 Å². The molecular weight excluding hydrogens is 322 g/mol. The second-order valence-corrected chi connectivity index (χ2v) is 5.79. The number of rotatable bonds is 5. The minimum absolute atomic E-state index is 0.0286. The van der Waals surface area contributed by atoms with Gasteiger partial charge in [-0.05, 0) is 29.3 Å². The Bertz CT molecular complexity index is 772. The first-order valence-electron chi connectivity index (χ1n) is 7.97. The summed E-state index contributed by atoms with van der Waals surface area (Å²) < 4.78 is 10.3. The van der Waals surface area contributed by atoms with Crippen molar-refractivity contribution < 1.29 is 24.2 Å². The van der Waals surface area contributed by atoms with E-state index in [9.17, 15) is 14.7 Å². The van der Waals surface area contributed by atoms with Crippen molar-refractivity contribution in [3.05, 3.63) is 65.2 Å². The fraction of sp³-hybridized carbons (Fsp3) is 0.263. The monoisotopic (exact) mass is 341 g/mol. The van der Waals surface area contributed by atoms with Crippen LogP contribution in [0.2, 0.25) is 0 Å². The molecule has 25 heavy (non-hydrogen) atoms. The number of methoxy groups -OCH3 is 1. The van der Waals surface area contributed by atoms with E-state index < -0.39 is 24.1 Å². The van der Waals surface area contributed by atoms with Gasteiger partial charge in [-0.25, -0.2) is 4.79 Å². The first-order valence-corrected chi connectivity index (χ1v) is 7.97. The van der Waals surface area contributed by atoms with E-state index in [0.29, 0.717) is 23.3 Å². The number of aliphatic hydroxyl groups excluding tert-OH is 1. The normalized spacial score (nSPS) is 17.2. The van der Waals surface area contributed by atoms with Crippen LogP contribution in [0.15, 0.2) is 48.5 Å². The Morgan fingerprint density at radius 1 is 1.28 bits per heavy atom. The molecule has 1 aliphatic rings. The summed E-state index contributed by atoms with van der Waals surface area (Å²) in [5.74, 6) is -0.235. The molecule has 6 nitrogen and oxygen atoms in total. The molecule has 0 saturated carbocycles. The van der Waals surface area contributed by atoms with Crippen LogP contribution in [0.4, 0.5) is 0 Å². The van der Waals surface area contributed by atoms with Gasteiger partial charge in [-0.2, -0.15) is 0 Å². The number of cyclic esters (lactones) is 1. The zero-order valence-electron chi connectivity index (χ0n) is 13.8. The van der Waals surface area contributed by atoms with Crippen LogP contribution in [0.1, 0.15) is 27.6 Å². The van der Waals surface area contributed by atoms with Gasteiger partial charge in [0.05, 0.1) is 18.8 Å². The first-order chi connectivity index (χ1) is 12.1.